The number of rotatable bonds is 26. The van der Waals surface area contributed by atoms with Gasteiger partial charge in [-0.1, -0.05) is 111 Å². The lowest BCUT2D eigenvalue weighted by atomic mass is 10.1. The normalized spacial score (nSPS) is 14.5. The molecule has 0 radical (unpaired) electrons. The molecule has 0 rings (SSSR count). The summed E-state index contributed by atoms with van der Waals surface area (Å²) in [7, 11) is 0. The highest BCUT2D eigenvalue weighted by molar-refractivity contribution is 4.74. The van der Waals surface area contributed by atoms with E-state index < -0.39 is 5.97 Å². The van der Waals surface area contributed by atoms with Gasteiger partial charge in [-0.3, -0.25) is 0 Å². The van der Waals surface area contributed by atoms with Crippen molar-refractivity contribution in [3.63, 3.8) is 0 Å². The molecule has 2 unspecified atom stereocenters. The highest BCUT2D eigenvalue weighted by atomic mass is 16.9. The van der Waals surface area contributed by atoms with Gasteiger partial charge in [-0.25, -0.2) is 0 Å². The third-order valence-corrected chi connectivity index (χ3v) is 6.03. The molecule has 0 N–H and O–H groups in total. The molecule has 32 heavy (non-hydrogen) atoms. The maximum atomic E-state index is 6.40. The van der Waals surface area contributed by atoms with Crippen LogP contribution in [-0.2, 0) is 18.9 Å². The van der Waals surface area contributed by atoms with Crippen LogP contribution in [0.4, 0.5) is 0 Å². The molecule has 0 aliphatic heterocycles. The lowest BCUT2D eigenvalue weighted by Crippen LogP contribution is -2.51. The van der Waals surface area contributed by atoms with Crippen LogP contribution in [-0.4, -0.2) is 38.5 Å². The topological polar surface area (TPSA) is 36.9 Å². The quantitative estimate of drug-likeness (QED) is 0.0958. The summed E-state index contributed by atoms with van der Waals surface area (Å²) in [5.41, 5.74) is 0. The molecule has 0 saturated heterocycles. The Balaban J connectivity index is 4.76. The molecule has 0 bridgehead atoms. The van der Waals surface area contributed by atoms with Crippen LogP contribution in [0.1, 0.15) is 144 Å². The second-order valence-corrected chi connectivity index (χ2v) is 9.06. The number of hydrogen-bond donors (Lipinski definition) is 0. The monoisotopic (exact) mass is 458 g/mol. The molecule has 4 heteroatoms. The Kier molecular flexibility index (Phi) is 23.9. The average molecular weight is 459 g/mol. The van der Waals surface area contributed by atoms with Gasteiger partial charge < -0.3 is 18.9 Å². The van der Waals surface area contributed by atoms with Crippen molar-refractivity contribution < 1.29 is 18.9 Å². The zero-order valence-electron chi connectivity index (χ0n) is 22.6. The lowest BCUT2D eigenvalue weighted by molar-refractivity contribution is -0.417. The Morgan fingerprint density at radius 3 is 1.44 bits per heavy atom. The molecule has 0 aliphatic carbocycles. The number of hydrogen-bond acceptors (Lipinski definition) is 4. The van der Waals surface area contributed by atoms with Gasteiger partial charge in [0.15, 0.2) is 0 Å². The Morgan fingerprint density at radius 1 is 0.469 bits per heavy atom. The molecule has 0 aliphatic rings. The standard InChI is InChI=1S/C28H58O4/c1-6-11-14-16-18-19-21-23-26-32-28(30-10-5,31-25-13-8-3)27(29-9-4)24-22-20-17-15-12-7-2/h27H,6-26H2,1-5H3. The summed E-state index contributed by atoms with van der Waals surface area (Å²) in [6.07, 6.45) is 20.7. The number of unbranched alkanes of at least 4 members (excludes halogenated alkanes) is 13. The predicted octanol–water partition coefficient (Wildman–Crippen LogP) is 8.81. The van der Waals surface area contributed by atoms with Crippen LogP contribution in [0, 0.1) is 0 Å². The first-order valence-electron chi connectivity index (χ1n) is 14.2. The molecule has 4 nitrogen and oxygen atoms in total. The van der Waals surface area contributed by atoms with E-state index in [1.165, 1.54) is 77.0 Å². The second-order valence-electron chi connectivity index (χ2n) is 9.06. The fourth-order valence-corrected chi connectivity index (χ4v) is 4.09. The summed E-state index contributed by atoms with van der Waals surface area (Å²) in [5, 5.41) is 0. The smallest absolute Gasteiger partial charge is 0.310 e. The summed E-state index contributed by atoms with van der Waals surface area (Å²) in [4.78, 5) is 0. The Labute approximate surface area is 201 Å². The van der Waals surface area contributed by atoms with Crippen LogP contribution in [0.25, 0.3) is 0 Å². The largest absolute Gasteiger partial charge is 0.370 e. The van der Waals surface area contributed by atoms with Crippen molar-refractivity contribution in [2.75, 3.05) is 26.4 Å². The van der Waals surface area contributed by atoms with E-state index in [1.807, 2.05) is 6.92 Å². The van der Waals surface area contributed by atoms with Crippen LogP contribution in [0.2, 0.25) is 0 Å². The third-order valence-electron chi connectivity index (χ3n) is 6.03. The minimum atomic E-state index is -1.07. The highest BCUT2D eigenvalue weighted by Gasteiger charge is 2.43. The van der Waals surface area contributed by atoms with Gasteiger partial charge in [0.05, 0.1) is 13.2 Å². The molecule has 0 aromatic rings. The molecule has 0 aromatic heterocycles. The molecule has 0 heterocycles. The van der Waals surface area contributed by atoms with Crippen molar-refractivity contribution in [1.82, 2.24) is 0 Å². The fourth-order valence-electron chi connectivity index (χ4n) is 4.09. The van der Waals surface area contributed by atoms with Crippen LogP contribution in [0.3, 0.4) is 0 Å². The van der Waals surface area contributed by atoms with E-state index in [4.69, 9.17) is 18.9 Å². The molecule has 0 aromatic carbocycles. The van der Waals surface area contributed by atoms with Gasteiger partial charge in [-0.15, -0.1) is 0 Å². The van der Waals surface area contributed by atoms with E-state index in [-0.39, 0.29) is 6.10 Å². The first-order valence-corrected chi connectivity index (χ1v) is 14.2. The van der Waals surface area contributed by atoms with E-state index in [0.29, 0.717) is 26.4 Å². The van der Waals surface area contributed by atoms with Crippen LogP contribution >= 0.6 is 0 Å². The Morgan fingerprint density at radius 2 is 0.938 bits per heavy atom. The summed E-state index contributed by atoms with van der Waals surface area (Å²) < 4.78 is 25.1. The van der Waals surface area contributed by atoms with Crippen LogP contribution in [0.15, 0.2) is 0 Å². The van der Waals surface area contributed by atoms with Gasteiger partial charge >= 0.3 is 5.97 Å². The molecular weight excluding hydrogens is 400 g/mol. The van der Waals surface area contributed by atoms with E-state index in [9.17, 15) is 0 Å². The van der Waals surface area contributed by atoms with Crippen molar-refractivity contribution >= 4 is 0 Å². The maximum absolute atomic E-state index is 6.40. The maximum Gasteiger partial charge on any atom is 0.310 e. The Bertz CT molecular complexity index is 363. The molecule has 0 amide bonds. The van der Waals surface area contributed by atoms with E-state index in [0.717, 1.165) is 32.1 Å². The van der Waals surface area contributed by atoms with Crippen LogP contribution in [0.5, 0.6) is 0 Å². The molecule has 0 fully saturated rings. The minimum Gasteiger partial charge on any atom is -0.370 e. The van der Waals surface area contributed by atoms with Crippen molar-refractivity contribution in [2.24, 2.45) is 0 Å². The van der Waals surface area contributed by atoms with Gasteiger partial charge in [-0.2, -0.15) is 0 Å². The zero-order valence-corrected chi connectivity index (χ0v) is 22.6. The SMILES string of the molecule is CCCCCCCCCCOC(OCC)(OCCCC)C(CCCCCCCC)OCC. The second kappa shape index (κ2) is 24.0. The van der Waals surface area contributed by atoms with Crippen molar-refractivity contribution in [2.45, 2.75) is 156 Å². The van der Waals surface area contributed by atoms with Gasteiger partial charge in [0.25, 0.3) is 0 Å². The van der Waals surface area contributed by atoms with Crippen molar-refractivity contribution in [3.8, 4) is 0 Å². The zero-order chi connectivity index (χ0) is 23.8. The van der Waals surface area contributed by atoms with Gasteiger partial charge in [0, 0.05) is 13.2 Å². The molecular formula is C28H58O4. The molecule has 0 spiro atoms. The molecule has 0 saturated carbocycles. The van der Waals surface area contributed by atoms with Gasteiger partial charge in [-0.05, 0) is 33.1 Å². The van der Waals surface area contributed by atoms with Crippen molar-refractivity contribution in [1.29, 1.82) is 0 Å². The summed E-state index contributed by atoms with van der Waals surface area (Å²) in [6.45, 7) is 13.3. The van der Waals surface area contributed by atoms with Crippen LogP contribution < -0.4 is 0 Å². The lowest BCUT2D eigenvalue weighted by Gasteiger charge is -2.39. The molecule has 194 valence electrons. The Hall–Kier alpha value is -0.160. The first-order chi connectivity index (χ1) is 15.7. The number of ether oxygens (including phenoxy) is 4. The van der Waals surface area contributed by atoms with E-state index >= 15 is 0 Å². The highest BCUT2D eigenvalue weighted by Crippen LogP contribution is 2.29. The molecule has 2 atom stereocenters. The predicted molar refractivity (Wildman–Crippen MR) is 137 cm³/mol. The fraction of sp³-hybridized carbons (Fsp3) is 1.00. The van der Waals surface area contributed by atoms with E-state index in [1.54, 1.807) is 0 Å². The third kappa shape index (κ3) is 16.5. The van der Waals surface area contributed by atoms with Gasteiger partial charge in [0.1, 0.15) is 6.10 Å². The first kappa shape index (κ1) is 31.8. The van der Waals surface area contributed by atoms with E-state index in [2.05, 4.69) is 27.7 Å². The minimum absolute atomic E-state index is 0.176. The average Bonchev–Trinajstić information content (AvgIpc) is 2.79. The van der Waals surface area contributed by atoms with Crippen molar-refractivity contribution in [3.05, 3.63) is 0 Å². The summed E-state index contributed by atoms with van der Waals surface area (Å²) >= 11 is 0. The summed E-state index contributed by atoms with van der Waals surface area (Å²) in [5.74, 6) is -1.07. The summed E-state index contributed by atoms with van der Waals surface area (Å²) in [6, 6.07) is 0. The van der Waals surface area contributed by atoms with Gasteiger partial charge in [0.2, 0.25) is 0 Å².